The summed E-state index contributed by atoms with van der Waals surface area (Å²) in [6, 6.07) is 10.6. The third kappa shape index (κ3) is 5.97. The minimum Gasteiger partial charge on any atom is -0.508 e. The first-order valence-electron chi connectivity index (χ1n) is 7.23. The Morgan fingerprint density at radius 2 is 1.70 bits per heavy atom. The molecule has 2 aromatic carbocycles. The highest BCUT2D eigenvalue weighted by molar-refractivity contribution is 9.10. The van der Waals surface area contributed by atoms with Crippen LogP contribution in [0.25, 0.3) is 0 Å². The molecule has 0 aliphatic carbocycles. The predicted molar refractivity (Wildman–Crippen MR) is 100 cm³/mol. The molecule has 0 spiro atoms. The molecule has 122 valence electrons. The van der Waals surface area contributed by atoms with Gasteiger partial charge in [0.2, 0.25) is 0 Å². The molecule has 0 saturated heterocycles. The van der Waals surface area contributed by atoms with Crippen LogP contribution in [-0.4, -0.2) is 29.5 Å². The fourth-order valence-electron chi connectivity index (χ4n) is 2.01. The van der Waals surface area contributed by atoms with Crippen molar-refractivity contribution in [2.24, 2.45) is 4.99 Å². The molecular weight excluding hydrogens is 424 g/mol. The topological polar surface area (TPSA) is 64.9 Å². The van der Waals surface area contributed by atoms with E-state index in [2.05, 4.69) is 42.2 Å². The maximum absolute atomic E-state index is 9.74. The maximum Gasteiger partial charge on any atom is 0.124 e. The van der Waals surface area contributed by atoms with Crippen molar-refractivity contribution in [2.75, 3.05) is 13.1 Å². The molecule has 23 heavy (non-hydrogen) atoms. The van der Waals surface area contributed by atoms with Gasteiger partial charge in [-0.25, -0.2) is 0 Å². The number of hydrogen-bond donors (Lipinski definition) is 3. The van der Waals surface area contributed by atoms with E-state index < -0.39 is 0 Å². The quantitative estimate of drug-likeness (QED) is 0.445. The van der Waals surface area contributed by atoms with Gasteiger partial charge in [-0.1, -0.05) is 31.9 Å². The third-order valence-electron chi connectivity index (χ3n) is 3.22. The van der Waals surface area contributed by atoms with Gasteiger partial charge in [0.25, 0.3) is 0 Å². The van der Waals surface area contributed by atoms with E-state index >= 15 is 0 Å². The van der Waals surface area contributed by atoms with Crippen molar-refractivity contribution in [3.05, 3.63) is 56.5 Å². The Morgan fingerprint density at radius 1 is 1.00 bits per heavy atom. The van der Waals surface area contributed by atoms with E-state index in [1.54, 1.807) is 24.4 Å². The summed E-state index contributed by atoms with van der Waals surface area (Å²) in [5.41, 5.74) is 1.56. The maximum atomic E-state index is 9.74. The molecule has 0 saturated carbocycles. The molecule has 4 nitrogen and oxygen atoms in total. The van der Waals surface area contributed by atoms with Crippen LogP contribution >= 0.6 is 31.9 Å². The van der Waals surface area contributed by atoms with E-state index in [9.17, 15) is 10.2 Å². The molecule has 0 aliphatic heterocycles. The van der Waals surface area contributed by atoms with Gasteiger partial charge in [-0.15, -0.1) is 0 Å². The van der Waals surface area contributed by atoms with E-state index in [1.165, 1.54) is 0 Å². The molecular formula is C17H18Br2N2O2. The van der Waals surface area contributed by atoms with Crippen molar-refractivity contribution in [3.63, 3.8) is 0 Å². The van der Waals surface area contributed by atoms with E-state index in [0.717, 1.165) is 27.5 Å². The zero-order valence-corrected chi connectivity index (χ0v) is 15.6. The van der Waals surface area contributed by atoms with Gasteiger partial charge >= 0.3 is 0 Å². The number of phenols is 2. The zero-order chi connectivity index (χ0) is 16.7. The Balaban J connectivity index is 1.70. The molecule has 0 radical (unpaired) electrons. The van der Waals surface area contributed by atoms with Crippen LogP contribution in [0.15, 0.2) is 50.3 Å². The summed E-state index contributed by atoms with van der Waals surface area (Å²) in [4.78, 5) is 4.32. The van der Waals surface area contributed by atoms with Crippen LogP contribution in [0.3, 0.4) is 0 Å². The van der Waals surface area contributed by atoms with Crippen LogP contribution in [0.5, 0.6) is 11.5 Å². The number of halogens is 2. The number of hydrogen-bond acceptors (Lipinski definition) is 4. The second kappa shape index (κ2) is 9.05. The van der Waals surface area contributed by atoms with E-state index in [0.29, 0.717) is 24.4 Å². The van der Waals surface area contributed by atoms with Gasteiger partial charge in [0.15, 0.2) is 0 Å². The van der Waals surface area contributed by atoms with Gasteiger partial charge in [-0.3, -0.25) is 4.99 Å². The molecule has 6 heteroatoms. The molecule has 2 rings (SSSR count). The minimum atomic E-state index is 0.222. The van der Waals surface area contributed by atoms with Crippen molar-refractivity contribution < 1.29 is 10.2 Å². The third-order valence-corrected chi connectivity index (χ3v) is 4.20. The van der Waals surface area contributed by atoms with Gasteiger partial charge in [0.1, 0.15) is 11.5 Å². The summed E-state index contributed by atoms with van der Waals surface area (Å²) in [6.07, 6.45) is 2.56. The number of phenolic OH excluding ortho intramolecular Hbond substituents is 2. The molecule has 0 fully saturated rings. The summed E-state index contributed by atoms with van der Waals surface area (Å²) in [7, 11) is 0. The number of rotatable bonds is 7. The van der Waals surface area contributed by atoms with Crippen molar-refractivity contribution in [1.29, 1.82) is 0 Å². The fourth-order valence-corrected chi connectivity index (χ4v) is 2.79. The summed E-state index contributed by atoms with van der Waals surface area (Å²) in [5.74, 6) is 0.518. The molecule has 0 aliphatic rings. The van der Waals surface area contributed by atoms with Gasteiger partial charge in [-0.05, 0) is 49.4 Å². The van der Waals surface area contributed by atoms with Crippen LogP contribution < -0.4 is 5.32 Å². The first-order chi connectivity index (χ1) is 11.1. The molecule has 3 N–H and O–H groups in total. The largest absolute Gasteiger partial charge is 0.508 e. The lowest BCUT2D eigenvalue weighted by atomic mass is 10.2. The number of aliphatic imine (C=N–C) groups is 1. The Morgan fingerprint density at radius 3 is 2.48 bits per heavy atom. The highest BCUT2D eigenvalue weighted by Gasteiger charge is 2.01. The molecule has 0 aromatic heterocycles. The van der Waals surface area contributed by atoms with Gasteiger partial charge in [-0.2, -0.15) is 0 Å². The van der Waals surface area contributed by atoms with Crippen LogP contribution in [0.2, 0.25) is 0 Å². The van der Waals surface area contributed by atoms with E-state index in [-0.39, 0.29) is 5.75 Å². The van der Waals surface area contributed by atoms with Crippen LogP contribution in [0.4, 0.5) is 0 Å². The normalized spacial score (nSPS) is 11.2. The SMILES string of the molecule is Oc1ccc(Br)cc1C=NCCCNCc1cc(Br)ccc1O. The van der Waals surface area contributed by atoms with E-state index in [4.69, 9.17) is 0 Å². The lowest BCUT2D eigenvalue weighted by Gasteiger charge is -2.06. The smallest absolute Gasteiger partial charge is 0.124 e. The van der Waals surface area contributed by atoms with Crippen LogP contribution in [0.1, 0.15) is 17.5 Å². The summed E-state index contributed by atoms with van der Waals surface area (Å²) >= 11 is 6.76. The first kappa shape index (κ1) is 18.0. The van der Waals surface area contributed by atoms with Gasteiger partial charge < -0.3 is 15.5 Å². The fraction of sp³-hybridized carbons (Fsp3) is 0.235. The summed E-state index contributed by atoms with van der Waals surface area (Å²) < 4.78 is 1.86. The second-order valence-corrected chi connectivity index (χ2v) is 6.87. The molecule has 2 aromatic rings. The monoisotopic (exact) mass is 440 g/mol. The van der Waals surface area contributed by atoms with Gasteiger partial charge in [0, 0.05) is 39.4 Å². The Labute approximate surface area is 152 Å². The average Bonchev–Trinajstić information content (AvgIpc) is 2.52. The lowest BCUT2D eigenvalue weighted by molar-refractivity contribution is 0.464. The summed E-state index contributed by atoms with van der Waals surface area (Å²) in [6.45, 7) is 2.08. The average molecular weight is 442 g/mol. The van der Waals surface area contributed by atoms with Crippen molar-refractivity contribution >= 4 is 38.1 Å². The molecule has 0 amide bonds. The lowest BCUT2D eigenvalue weighted by Crippen LogP contribution is -2.15. The second-order valence-electron chi connectivity index (χ2n) is 5.04. The van der Waals surface area contributed by atoms with E-state index in [1.807, 2.05) is 18.2 Å². The van der Waals surface area contributed by atoms with Gasteiger partial charge in [0.05, 0.1) is 0 Å². The Hall–Kier alpha value is -1.37. The Kier molecular flexibility index (Phi) is 7.08. The van der Waals surface area contributed by atoms with Crippen molar-refractivity contribution in [2.45, 2.75) is 13.0 Å². The predicted octanol–water partition coefficient (Wildman–Crippen LogP) is 4.22. The summed E-state index contributed by atoms with van der Waals surface area (Å²) in [5, 5.41) is 22.7. The molecule has 0 unspecified atom stereocenters. The van der Waals surface area contributed by atoms with Crippen molar-refractivity contribution in [3.8, 4) is 11.5 Å². The van der Waals surface area contributed by atoms with Crippen LogP contribution in [0, 0.1) is 0 Å². The van der Waals surface area contributed by atoms with Crippen LogP contribution in [-0.2, 0) is 6.54 Å². The Bertz CT molecular complexity index is 690. The first-order valence-corrected chi connectivity index (χ1v) is 8.81. The molecule has 0 heterocycles. The van der Waals surface area contributed by atoms with Crippen molar-refractivity contribution in [1.82, 2.24) is 5.32 Å². The molecule has 0 bridgehead atoms. The number of benzene rings is 2. The number of nitrogens with zero attached hydrogens (tertiary/aromatic N) is 1. The minimum absolute atomic E-state index is 0.222. The highest BCUT2D eigenvalue weighted by atomic mass is 79.9. The number of nitrogens with one attached hydrogen (secondary N) is 1. The standard InChI is InChI=1S/C17H18Br2N2O2/c18-14-2-4-16(22)12(8-14)10-20-6-1-7-21-11-13-9-15(19)3-5-17(13)23/h2-5,8-10,21-23H,1,6-7,11H2. The number of aromatic hydroxyl groups is 2. The zero-order valence-electron chi connectivity index (χ0n) is 12.5. The molecule has 0 atom stereocenters. The highest BCUT2D eigenvalue weighted by Crippen LogP contribution is 2.21.